The Morgan fingerprint density at radius 3 is 2.97 bits per heavy atom. The molecule has 2 N–H and O–H groups in total. The first-order valence-electron chi connectivity index (χ1n) is 11.4. The summed E-state index contributed by atoms with van der Waals surface area (Å²) in [7, 11) is 0. The Hall–Kier alpha value is -2.00. The zero-order valence-corrected chi connectivity index (χ0v) is 19.9. The highest BCUT2D eigenvalue weighted by Crippen LogP contribution is 2.35. The zero-order valence-electron chi connectivity index (χ0n) is 19.1. The van der Waals surface area contributed by atoms with E-state index in [-0.39, 0.29) is 12.2 Å². The summed E-state index contributed by atoms with van der Waals surface area (Å²) in [4.78, 5) is 24.9. The molecule has 0 amide bonds. The standard InChI is InChI=1S/C24H33N3O4S/c1-15(2)13-30-14-17(28)10-27(11-18-5-4-8-31-18)12-21-25-23(29)22-19-7-6-16(3)9-20(19)32-24(22)26-21/h4-5,8,15-17,28H,6-7,9-14H2,1-3H3,(H,25,26,29). The third kappa shape index (κ3) is 5.67. The van der Waals surface area contributed by atoms with Gasteiger partial charge in [-0.2, -0.15) is 0 Å². The van der Waals surface area contributed by atoms with Crippen molar-refractivity contribution in [3.8, 4) is 0 Å². The minimum absolute atomic E-state index is 0.0594. The first-order chi connectivity index (χ1) is 15.4. The molecule has 0 fully saturated rings. The van der Waals surface area contributed by atoms with Crippen molar-refractivity contribution >= 4 is 21.6 Å². The number of nitrogens with one attached hydrogen (secondary N) is 1. The van der Waals surface area contributed by atoms with E-state index in [1.54, 1.807) is 17.6 Å². The maximum absolute atomic E-state index is 12.9. The molecule has 7 nitrogen and oxygen atoms in total. The number of nitrogens with zero attached hydrogens (tertiary/aromatic N) is 2. The van der Waals surface area contributed by atoms with Crippen LogP contribution in [0.3, 0.4) is 0 Å². The number of ether oxygens (including phenoxy) is 1. The van der Waals surface area contributed by atoms with E-state index in [1.807, 2.05) is 17.0 Å². The van der Waals surface area contributed by atoms with Gasteiger partial charge < -0.3 is 19.2 Å². The Labute approximate surface area is 192 Å². The van der Waals surface area contributed by atoms with Crippen LogP contribution in [0.4, 0.5) is 0 Å². The molecule has 0 saturated heterocycles. The lowest BCUT2D eigenvalue weighted by molar-refractivity contribution is 0.00421. The maximum Gasteiger partial charge on any atom is 0.259 e. The lowest BCUT2D eigenvalue weighted by Gasteiger charge is -2.24. The molecule has 1 aliphatic rings. The number of H-pyrrole nitrogens is 1. The Balaban J connectivity index is 1.52. The Morgan fingerprint density at radius 1 is 1.38 bits per heavy atom. The van der Waals surface area contributed by atoms with Gasteiger partial charge in [-0.3, -0.25) is 9.69 Å². The van der Waals surface area contributed by atoms with Crippen molar-refractivity contribution in [2.75, 3.05) is 19.8 Å². The SMILES string of the molecule is CC(C)COCC(O)CN(Cc1nc2sc3c(c2c(=O)[nH]1)CCC(C)C3)Cc1ccco1. The monoisotopic (exact) mass is 459 g/mol. The van der Waals surface area contributed by atoms with Gasteiger partial charge in [0.1, 0.15) is 16.4 Å². The molecular formula is C24H33N3O4S. The van der Waals surface area contributed by atoms with Crippen LogP contribution in [0.2, 0.25) is 0 Å². The molecule has 2 unspecified atom stereocenters. The molecule has 174 valence electrons. The second-order valence-corrected chi connectivity index (χ2v) is 10.5. The van der Waals surface area contributed by atoms with Crippen molar-refractivity contribution in [2.24, 2.45) is 11.8 Å². The number of hydrogen-bond acceptors (Lipinski definition) is 7. The lowest BCUT2D eigenvalue weighted by atomic mass is 9.89. The Kier molecular flexibility index (Phi) is 7.45. The summed E-state index contributed by atoms with van der Waals surface area (Å²) < 4.78 is 11.1. The van der Waals surface area contributed by atoms with Crippen LogP contribution in [-0.4, -0.2) is 45.8 Å². The van der Waals surface area contributed by atoms with Gasteiger partial charge in [0.05, 0.1) is 37.4 Å². The summed E-state index contributed by atoms with van der Waals surface area (Å²) in [6, 6.07) is 3.75. The number of aromatic nitrogens is 2. The number of aryl methyl sites for hydroxylation is 1. The van der Waals surface area contributed by atoms with Gasteiger partial charge in [0.2, 0.25) is 0 Å². The number of aliphatic hydroxyl groups is 1. The van der Waals surface area contributed by atoms with Crippen LogP contribution in [0.5, 0.6) is 0 Å². The molecule has 4 rings (SSSR count). The number of thiophene rings is 1. The molecule has 3 aromatic heterocycles. The smallest absolute Gasteiger partial charge is 0.259 e. The highest BCUT2D eigenvalue weighted by molar-refractivity contribution is 7.18. The molecule has 0 aliphatic heterocycles. The van der Waals surface area contributed by atoms with Crippen molar-refractivity contribution in [3.63, 3.8) is 0 Å². The molecule has 0 bridgehead atoms. The summed E-state index contributed by atoms with van der Waals surface area (Å²) in [5.41, 5.74) is 1.13. The van der Waals surface area contributed by atoms with Gasteiger partial charge in [-0.05, 0) is 48.8 Å². The molecule has 0 saturated carbocycles. The zero-order chi connectivity index (χ0) is 22.7. The predicted molar refractivity (Wildman–Crippen MR) is 126 cm³/mol. The molecule has 3 heterocycles. The number of fused-ring (bicyclic) bond motifs is 3. The van der Waals surface area contributed by atoms with E-state index >= 15 is 0 Å². The second-order valence-electron chi connectivity index (χ2n) is 9.38. The van der Waals surface area contributed by atoms with Crippen LogP contribution in [0, 0.1) is 11.8 Å². The number of rotatable bonds is 10. The molecule has 3 aromatic rings. The molecule has 1 aliphatic carbocycles. The van der Waals surface area contributed by atoms with Crippen LogP contribution >= 0.6 is 11.3 Å². The highest BCUT2D eigenvalue weighted by atomic mass is 32.1. The van der Waals surface area contributed by atoms with Gasteiger partial charge in [0.25, 0.3) is 5.56 Å². The van der Waals surface area contributed by atoms with Gasteiger partial charge >= 0.3 is 0 Å². The summed E-state index contributed by atoms with van der Waals surface area (Å²) in [5, 5.41) is 11.3. The number of hydrogen-bond donors (Lipinski definition) is 2. The van der Waals surface area contributed by atoms with Crippen LogP contribution in [-0.2, 0) is 30.7 Å². The molecular weight excluding hydrogens is 426 g/mol. The van der Waals surface area contributed by atoms with Gasteiger partial charge in [0.15, 0.2) is 0 Å². The van der Waals surface area contributed by atoms with Gasteiger partial charge in [-0.1, -0.05) is 20.8 Å². The molecule has 0 spiro atoms. The van der Waals surface area contributed by atoms with Crippen molar-refractivity contribution in [1.82, 2.24) is 14.9 Å². The fourth-order valence-electron chi connectivity index (χ4n) is 4.28. The second kappa shape index (κ2) is 10.3. The normalized spacial score (nSPS) is 17.4. The third-order valence-corrected chi connectivity index (χ3v) is 6.93. The highest BCUT2D eigenvalue weighted by Gasteiger charge is 2.24. The van der Waals surface area contributed by atoms with E-state index in [1.165, 1.54) is 10.4 Å². The van der Waals surface area contributed by atoms with Gasteiger partial charge in [-0.25, -0.2) is 4.98 Å². The van der Waals surface area contributed by atoms with Crippen LogP contribution in [0.15, 0.2) is 27.6 Å². The van der Waals surface area contributed by atoms with E-state index in [9.17, 15) is 9.90 Å². The molecule has 0 radical (unpaired) electrons. The van der Waals surface area contributed by atoms with E-state index in [0.717, 1.165) is 35.2 Å². The van der Waals surface area contributed by atoms with Crippen molar-refractivity contribution in [2.45, 2.75) is 59.2 Å². The van der Waals surface area contributed by atoms with Crippen molar-refractivity contribution < 1.29 is 14.3 Å². The average molecular weight is 460 g/mol. The molecule has 8 heteroatoms. The summed E-state index contributed by atoms with van der Waals surface area (Å²) in [5.74, 6) is 2.47. The fraction of sp³-hybridized carbons (Fsp3) is 0.583. The first kappa shape index (κ1) is 23.2. The minimum atomic E-state index is -0.644. The summed E-state index contributed by atoms with van der Waals surface area (Å²) >= 11 is 1.65. The quantitative estimate of drug-likeness (QED) is 0.480. The molecule has 0 aromatic carbocycles. The van der Waals surface area contributed by atoms with Crippen molar-refractivity contribution in [1.29, 1.82) is 0 Å². The largest absolute Gasteiger partial charge is 0.468 e. The van der Waals surface area contributed by atoms with Crippen molar-refractivity contribution in [3.05, 3.63) is 50.8 Å². The summed E-state index contributed by atoms with van der Waals surface area (Å²) in [6.07, 6.45) is 4.09. The van der Waals surface area contributed by atoms with Gasteiger partial charge in [-0.15, -0.1) is 11.3 Å². The fourth-order valence-corrected chi connectivity index (χ4v) is 5.68. The topological polar surface area (TPSA) is 91.6 Å². The lowest BCUT2D eigenvalue weighted by Crippen LogP contribution is -2.35. The average Bonchev–Trinajstić information content (AvgIpc) is 3.34. The Morgan fingerprint density at radius 2 is 2.22 bits per heavy atom. The van der Waals surface area contributed by atoms with Crippen LogP contribution < -0.4 is 5.56 Å². The molecule has 32 heavy (non-hydrogen) atoms. The first-order valence-corrected chi connectivity index (χ1v) is 12.2. The van der Waals surface area contributed by atoms with E-state index in [0.29, 0.717) is 43.9 Å². The van der Waals surface area contributed by atoms with Crippen LogP contribution in [0.25, 0.3) is 10.2 Å². The summed E-state index contributed by atoms with van der Waals surface area (Å²) in [6.45, 7) is 8.61. The van der Waals surface area contributed by atoms with E-state index in [2.05, 4.69) is 25.8 Å². The minimum Gasteiger partial charge on any atom is -0.468 e. The van der Waals surface area contributed by atoms with E-state index < -0.39 is 6.10 Å². The number of aromatic amines is 1. The van der Waals surface area contributed by atoms with E-state index in [4.69, 9.17) is 14.1 Å². The molecule has 2 atom stereocenters. The van der Waals surface area contributed by atoms with Gasteiger partial charge in [0, 0.05) is 18.0 Å². The number of aliphatic hydroxyl groups excluding tert-OH is 1. The third-order valence-electron chi connectivity index (χ3n) is 5.78. The Bertz CT molecular complexity index is 1070. The maximum atomic E-state index is 12.9. The van der Waals surface area contributed by atoms with Crippen LogP contribution in [0.1, 0.15) is 49.2 Å². The number of furan rings is 1. The predicted octanol–water partition coefficient (Wildman–Crippen LogP) is 3.74.